The molecule has 0 N–H and O–H groups in total. The Morgan fingerprint density at radius 2 is 1.96 bits per heavy atom. The fourth-order valence-corrected chi connectivity index (χ4v) is 3.03. The van der Waals surface area contributed by atoms with Gasteiger partial charge >= 0.3 is 0 Å². The number of ether oxygens (including phenoxy) is 1. The Labute approximate surface area is 146 Å². The molecule has 0 spiro atoms. The highest BCUT2D eigenvalue weighted by molar-refractivity contribution is 5.78. The molecule has 1 aliphatic heterocycles. The maximum Gasteiger partial charge on any atom is 0.227 e. The quantitative estimate of drug-likeness (QED) is 0.827. The minimum Gasteiger partial charge on any atom is -0.372 e. The molecule has 25 heavy (non-hydrogen) atoms. The molecule has 1 aliphatic rings. The topological polar surface area (TPSA) is 29.5 Å². The smallest absolute Gasteiger partial charge is 0.227 e. The fraction of sp³-hybridized carbons (Fsp3) is 0.350. The van der Waals surface area contributed by atoms with Crippen LogP contribution >= 0.6 is 0 Å². The molecule has 1 heterocycles. The zero-order valence-corrected chi connectivity index (χ0v) is 14.0. The molecule has 0 saturated carbocycles. The molecule has 132 valence electrons. The Balaban J connectivity index is 1.53. The van der Waals surface area contributed by atoms with E-state index >= 15 is 0 Å². The van der Waals surface area contributed by atoms with E-state index in [1.807, 2.05) is 35.2 Å². The summed E-state index contributed by atoms with van der Waals surface area (Å²) in [6, 6.07) is 13.1. The van der Waals surface area contributed by atoms with E-state index in [9.17, 15) is 13.6 Å². The maximum absolute atomic E-state index is 13.7. The molecule has 0 radical (unpaired) electrons. The minimum absolute atomic E-state index is 0.0764. The van der Waals surface area contributed by atoms with Gasteiger partial charge < -0.3 is 9.64 Å². The van der Waals surface area contributed by atoms with E-state index in [1.165, 1.54) is 12.1 Å². The number of amides is 1. The van der Waals surface area contributed by atoms with Gasteiger partial charge in [-0.05, 0) is 24.5 Å². The molecule has 3 rings (SSSR count). The van der Waals surface area contributed by atoms with Gasteiger partial charge in [-0.1, -0.05) is 36.4 Å². The third kappa shape index (κ3) is 4.86. The van der Waals surface area contributed by atoms with Crippen molar-refractivity contribution >= 4 is 5.91 Å². The van der Waals surface area contributed by atoms with Crippen LogP contribution in [0.1, 0.15) is 24.0 Å². The summed E-state index contributed by atoms with van der Waals surface area (Å²) >= 11 is 0. The molecule has 5 heteroatoms. The van der Waals surface area contributed by atoms with E-state index < -0.39 is 11.6 Å². The van der Waals surface area contributed by atoms with Crippen LogP contribution in [0.3, 0.4) is 0 Å². The van der Waals surface area contributed by atoms with Crippen LogP contribution in [0.5, 0.6) is 0 Å². The van der Waals surface area contributed by atoms with Crippen molar-refractivity contribution in [2.45, 2.75) is 32.0 Å². The van der Waals surface area contributed by atoms with Crippen molar-refractivity contribution in [3.05, 3.63) is 71.3 Å². The third-order valence-electron chi connectivity index (χ3n) is 4.42. The van der Waals surface area contributed by atoms with Crippen LogP contribution in [0.2, 0.25) is 0 Å². The summed E-state index contributed by atoms with van der Waals surface area (Å²) in [4.78, 5) is 14.3. The summed E-state index contributed by atoms with van der Waals surface area (Å²) in [7, 11) is 0. The van der Waals surface area contributed by atoms with E-state index in [0.717, 1.165) is 31.0 Å². The first-order chi connectivity index (χ1) is 12.1. The molecule has 1 unspecified atom stereocenters. The Morgan fingerprint density at radius 3 is 2.72 bits per heavy atom. The SMILES string of the molecule is O=C(Cc1ccccc1)N1CCCC(OCc2ccc(F)cc2F)C1. The van der Waals surface area contributed by atoms with Gasteiger partial charge in [0.05, 0.1) is 19.1 Å². The van der Waals surface area contributed by atoms with E-state index in [1.54, 1.807) is 0 Å². The van der Waals surface area contributed by atoms with Crippen molar-refractivity contribution in [1.82, 2.24) is 4.90 Å². The number of likely N-dealkylation sites (tertiary alicyclic amines) is 1. The molecular formula is C20H21F2NO2. The largest absolute Gasteiger partial charge is 0.372 e. The number of halogens is 2. The molecular weight excluding hydrogens is 324 g/mol. The molecule has 2 aromatic carbocycles. The highest BCUT2D eigenvalue weighted by Crippen LogP contribution is 2.18. The van der Waals surface area contributed by atoms with Crippen molar-refractivity contribution in [3.8, 4) is 0 Å². The molecule has 3 nitrogen and oxygen atoms in total. The second-order valence-electron chi connectivity index (χ2n) is 6.31. The standard InChI is InChI=1S/C20H21F2NO2/c21-17-9-8-16(19(22)12-17)14-25-18-7-4-10-23(13-18)20(24)11-15-5-2-1-3-6-15/h1-3,5-6,8-9,12,18H,4,7,10-11,13-14H2. The van der Waals surface area contributed by atoms with Crippen LogP contribution in [0.15, 0.2) is 48.5 Å². The van der Waals surface area contributed by atoms with Gasteiger partial charge in [0.15, 0.2) is 0 Å². The van der Waals surface area contributed by atoms with Gasteiger partial charge in [-0.25, -0.2) is 8.78 Å². The number of benzene rings is 2. The second kappa shape index (κ2) is 8.21. The summed E-state index contributed by atoms with van der Waals surface area (Å²) in [5, 5.41) is 0. The Bertz CT molecular complexity index is 721. The van der Waals surface area contributed by atoms with Gasteiger partial charge in [0.1, 0.15) is 11.6 Å². The zero-order valence-electron chi connectivity index (χ0n) is 14.0. The summed E-state index contributed by atoms with van der Waals surface area (Å²) in [5.74, 6) is -1.13. The Kier molecular flexibility index (Phi) is 5.76. The zero-order chi connectivity index (χ0) is 17.6. The number of hydrogen-bond donors (Lipinski definition) is 0. The number of rotatable bonds is 5. The molecule has 1 saturated heterocycles. The lowest BCUT2D eigenvalue weighted by atomic mass is 10.1. The van der Waals surface area contributed by atoms with Crippen molar-refractivity contribution in [3.63, 3.8) is 0 Å². The van der Waals surface area contributed by atoms with Gasteiger partial charge in [0.2, 0.25) is 5.91 Å². The van der Waals surface area contributed by atoms with Crippen LogP contribution in [0.4, 0.5) is 8.78 Å². The van der Waals surface area contributed by atoms with Gasteiger partial charge in [0, 0.05) is 24.7 Å². The van der Waals surface area contributed by atoms with Crippen molar-refractivity contribution in [2.75, 3.05) is 13.1 Å². The van der Waals surface area contributed by atoms with Gasteiger partial charge in [-0.3, -0.25) is 4.79 Å². The normalized spacial score (nSPS) is 17.5. The maximum atomic E-state index is 13.7. The first-order valence-corrected chi connectivity index (χ1v) is 8.49. The van der Waals surface area contributed by atoms with Crippen LogP contribution in [-0.4, -0.2) is 30.0 Å². The molecule has 2 aromatic rings. The molecule has 1 amide bonds. The molecule has 0 aliphatic carbocycles. The molecule has 1 fully saturated rings. The van der Waals surface area contributed by atoms with E-state index in [2.05, 4.69) is 0 Å². The average molecular weight is 345 g/mol. The predicted octanol–water partition coefficient (Wildman–Crippen LogP) is 3.72. The summed E-state index contributed by atoms with van der Waals surface area (Å²) < 4.78 is 32.4. The molecule has 0 aromatic heterocycles. The summed E-state index contributed by atoms with van der Waals surface area (Å²) in [6.07, 6.45) is 1.94. The first kappa shape index (κ1) is 17.5. The van der Waals surface area contributed by atoms with Crippen LogP contribution < -0.4 is 0 Å². The number of nitrogens with zero attached hydrogens (tertiary/aromatic N) is 1. The number of carbonyl (C=O) groups excluding carboxylic acids is 1. The van der Waals surface area contributed by atoms with Crippen molar-refractivity contribution in [2.24, 2.45) is 0 Å². The monoisotopic (exact) mass is 345 g/mol. The van der Waals surface area contributed by atoms with E-state index in [4.69, 9.17) is 4.74 Å². The van der Waals surface area contributed by atoms with Crippen LogP contribution in [0, 0.1) is 11.6 Å². The lowest BCUT2D eigenvalue weighted by Crippen LogP contribution is -2.43. The van der Waals surface area contributed by atoms with Crippen LogP contribution in [0.25, 0.3) is 0 Å². The van der Waals surface area contributed by atoms with Gasteiger partial charge in [0.25, 0.3) is 0 Å². The Morgan fingerprint density at radius 1 is 1.16 bits per heavy atom. The number of hydrogen-bond acceptors (Lipinski definition) is 2. The Hall–Kier alpha value is -2.27. The van der Waals surface area contributed by atoms with E-state index in [-0.39, 0.29) is 18.6 Å². The number of carbonyl (C=O) groups is 1. The third-order valence-corrected chi connectivity index (χ3v) is 4.42. The van der Waals surface area contributed by atoms with Gasteiger partial charge in [-0.2, -0.15) is 0 Å². The fourth-order valence-electron chi connectivity index (χ4n) is 3.03. The minimum atomic E-state index is -0.604. The predicted molar refractivity (Wildman–Crippen MR) is 90.9 cm³/mol. The first-order valence-electron chi connectivity index (χ1n) is 8.49. The molecule has 0 bridgehead atoms. The summed E-state index contributed by atoms with van der Waals surface area (Å²) in [6.45, 7) is 1.31. The van der Waals surface area contributed by atoms with Crippen molar-refractivity contribution in [1.29, 1.82) is 0 Å². The van der Waals surface area contributed by atoms with Gasteiger partial charge in [-0.15, -0.1) is 0 Å². The molecule has 1 atom stereocenters. The van der Waals surface area contributed by atoms with Crippen LogP contribution in [-0.2, 0) is 22.6 Å². The lowest BCUT2D eigenvalue weighted by molar-refractivity contribution is -0.134. The van der Waals surface area contributed by atoms with Crippen molar-refractivity contribution < 1.29 is 18.3 Å². The number of piperidine rings is 1. The average Bonchev–Trinajstić information content (AvgIpc) is 2.62. The van der Waals surface area contributed by atoms with E-state index in [0.29, 0.717) is 18.5 Å². The summed E-state index contributed by atoms with van der Waals surface area (Å²) in [5.41, 5.74) is 1.32. The highest BCUT2D eigenvalue weighted by Gasteiger charge is 2.24. The lowest BCUT2D eigenvalue weighted by Gasteiger charge is -2.33. The second-order valence-corrected chi connectivity index (χ2v) is 6.31. The highest BCUT2D eigenvalue weighted by atomic mass is 19.1.